The lowest BCUT2D eigenvalue weighted by Gasteiger charge is -2.12. The van der Waals surface area contributed by atoms with Crippen LogP contribution in [-0.4, -0.2) is 40.5 Å². The van der Waals surface area contributed by atoms with Crippen LogP contribution < -0.4 is 10.2 Å². The fourth-order valence-corrected chi connectivity index (χ4v) is 3.16. The summed E-state index contributed by atoms with van der Waals surface area (Å²) in [6, 6.07) is 17.6. The highest BCUT2D eigenvalue weighted by molar-refractivity contribution is 7.99. The zero-order valence-electron chi connectivity index (χ0n) is 15.0. The molecule has 6 nitrogen and oxygen atoms in total. The molecular weight excluding hydrogens is 346 g/mol. The molecule has 0 bridgehead atoms. The minimum Gasteiger partial charge on any atom is -0.378 e. The van der Waals surface area contributed by atoms with Gasteiger partial charge >= 0.3 is 0 Å². The van der Waals surface area contributed by atoms with Gasteiger partial charge in [-0.3, -0.25) is 4.79 Å². The summed E-state index contributed by atoms with van der Waals surface area (Å²) in [6.07, 6.45) is 0. The Balaban J connectivity index is 1.64. The van der Waals surface area contributed by atoms with E-state index in [1.54, 1.807) is 0 Å². The molecule has 0 radical (unpaired) electrons. The van der Waals surface area contributed by atoms with Gasteiger partial charge in [0.05, 0.1) is 5.75 Å². The highest BCUT2D eigenvalue weighted by Crippen LogP contribution is 2.24. The summed E-state index contributed by atoms with van der Waals surface area (Å²) in [7, 11) is 5.92. The Hall–Kier alpha value is -2.80. The SMILES string of the molecule is CN(C)c1ccc(-c2nnc(SCC(=O)Nc3ccccc3)n2C)cc1. The van der Waals surface area contributed by atoms with Crippen LogP contribution >= 0.6 is 11.8 Å². The third kappa shape index (κ3) is 4.23. The summed E-state index contributed by atoms with van der Waals surface area (Å²) in [6.45, 7) is 0. The molecule has 1 heterocycles. The van der Waals surface area contributed by atoms with Crippen molar-refractivity contribution >= 4 is 29.0 Å². The molecule has 3 rings (SSSR count). The molecule has 0 aliphatic rings. The molecule has 0 fully saturated rings. The van der Waals surface area contributed by atoms with Crippen molar-refractivity contribution in [3.63, 3.8) is 0 Å². The van der Waals surface area contributed by atoms with Gasteiger partial charge in [0.15, 0.2) is 11.0 Å². The fourth-order valence-electron chi connectivity index (χ4n) is 2.45. The van der Waals surface area contributed by atoms with Crippen LogP contribution in [0.3, 0.4) is 0 Å². The first-order chi connectivity index (χ1) is 12.5. The molecule has 0 spiro atoms. The van der Waals surface area contributed by atoms with E-state index < -0.39 is 0 Å². The first-order valence-electron chi connectivity index (χ1n) is 8.19. The molecule has 134 valence electrons. The second-order valence-corrected chi connectivity index (χ2v) is 6.95. The number of hydrogen-bond acceptors (Lipinski definition) is 5. The van der Waals surface area contributed by atoms with Crippen LogP contribution in [0.15, 0.2) is 59.8 Å². The molecule has 0 saturated heterocycles. The summed E-state index contributed by atoms with van der Waals surface area (Å²) in [4.78, 5) is 14.1. The maximum absolute atomic E-state index is 12.1. The van der Waals surface area contributed by atoms with E-state index in [0.29, 0.717) is 5.16 Å². The standard InChI is InChI=1S/C19H21N5OS/c1-23(2)16-11-9-14(10-12-16)18-21-22-19(24(18)3)26-13-17(25)20-15-7-5-4-6-8-15/h4-12H,13H2,1-3H3,(H,20,25). The Kier molecular flexibility index (Phi) is 5.58. The van der Waals surface area contributed by atoms with E-state index >= 15 is 0 Å². The average Bonchev–Trinajstić information content (AvgIpc) is 3.01. The average molecular weight is 367 g/mol. The van der Waals surface area contributed by atoms with Crippen molar-refractivity contribution in [2.45, 2.75) is 5.16 Å². The number of amides is 1. The number of carbonyl (C=O) groups excluding carboxylic acids is 1. The predicted molar refractivity (Wildman–Crippen MR) is 107 cm³/mol. The summed E-state index contributed by atoms with van der Waals surface area (Å²) in [5, 5.41) is 12.1. The van der Waals surface area contributed by atoms with Gasteiger partial charge < -0.3 is 14.8 Å². The largest absolute Gasteiger partial charge is 0.378 e. The first kappa shape index (κ1) is 18.0. The monoisotopic (exact) mass is 367 g/mol. The smallest absolute Gasteiger partial charge is 0.234 e. The van der Waals surface area contributed by atoms with E-state index in [4.69, 9.17) is 0 Å². The zero-order chi connectivity index (χ0) is 18.5. The van der Waals surface area contributed by atoms with Crippen molar-refractivity contribution in [1.82, 2.24) is 14.8 Å². The number of hydrogen-bond donors (Lipinski definition) is 1. The number of nitrogens with one attached hydrogen (secondary N) is 1. The van der Waals surface area contributed by atoms with Gasteiger partial charge in [0.2, 0.25) is 5.91 Å². The molecule has 1 amide bonds. The van der Waals surface area contributed by atoms with Crippen LogP contribution in [0.25, 0.3) is 11.4 Å². The minimum atomic E-state index is -0.0684. The van der Waals surface area contributed by atoms with Crippen molar-refractivity contribution in [2.75, 3.05) is 30.1 Å². The third-order valence-electron chi connectivity index (χ3n) is 3.87. The van der Waals surface area contributed by atoms with Crippen molar-refractivity contribution in [3.05, 3.63) is 54.6 Å². The highest BCUT2D eigenvalue weighted by atomic mass is 32.2. The molecule has 0 atom stereocenters. The van der Waals surface area contributed by atoms with Gasteiger partial charge in [-0.25, -0.2) is 0 Å². The van der Waals surface area contributed by atoms with Gasteiger partial charge in [0.1, 0.15) is 0 Å². The van der Waals surface area contributed by atoms with Crippen LogP contribution in [-0.2, 0) is 11.8 Å². The molecule has 1 aromatic heterocycles. The van der Waals surface area contributed by atoms with Gasteiger partial charge in [-0.2, -0.15) is 0 Å². The van der Waals surface area contributed by atoms with Crippen LogP contribution in [0.4, 0.5) is 11.4 Å². The molecule has 0 saturated carbocycles. The summed E-state index contributed by atoms with van der Waals surface area (Å²) >= 11 is 1.37. The number of rotatable bonds is 6. The maximum atomic E-state index is 12.1. The third-order valence-corrected chi connectivity index (χ3v) is 4.89. The van der Waals surface area contributed by atoms with Gasteiger partial charge in [-0.1, -0.05) is 30.0 Å². The Morgan fingerprint density at radius 2 is 1.77 bits per heavy atom. The van der Waals surface area contributed by atoms with Gasteiger partial charge in [-0.15, -0.1) is 10.2 Å². The number of aromatic nitrogens is 3. The maximum Gasteiger partial charge on any atom is 0.234 e. The Morgan fingerprint density at radius 1 is 1.08 bits per heavy atom. The minimum absolute atomic E-state index is 0.0684. The lowest BCUT2D eigenvalue weighted by Crippen LogP contribution is -2.14. The first-order valence-corrected chi connectivity index (χ1v) is 9.18. The Morgan fingerprint density at radius 3 is 2.42 bits per heavy atom. The molecule has 2 aromatic carbocycles. The fraction of sp³-hybridized carbons (Fsp3) is 0.211. The van der Waals surface area contributed by atoms with E-state index in [9.17, 15) is 4.79 Å². The normalized spacial score (nSPS) is 10.6. The van der Waals surface area contributed by atoms with E-state index in [1.165, 1.54) is 11.8 Å². The lowest BCUT2D eigenvalue weighted by atomic mass is 10.2. The lowest BCUT2D eigenvalue weighted by molar-refractivity contribution is -0.113. The molecular formula is C19H21N5OS. The van der Waals surface area contributed by atoms with Crippen molar-refractivity contribution < 1.29 is 4.79 Å². The molecule has 0 aliphatic heterocycles. The number of nitrogens with zero attached hydrogens (tertiary/aromatic N) is 4. The molecule has 0 aliphatic carbocycles. The van der Waals surface area contributed by atoms with Gasteiger partial charge in [0, 0.05) is 38.1 Å². The number of para-hydroxylation sites is 1. The molecule has 0 unspecified atom stereocenters. The van der Waals surface area contributed by atoms with E-state index in [-0.39, 0.29) is 11.7 Å². The number of carbonyl (C=O) groups is 1. The summed E-state index contributed by atoms with van der Waals surface area (Å²) < 4.78 is 1.91. The van der Waals surface area contributed by atoms with Crippen LogP contribution in [0.2, 0.25) is 0 Å². The molecule has 3 aromatic rings. The van der Waals surface area contributed by atoms with E-state index in [1.807, 2.05) is 85.2 Å². The van der Waals surface area contributed by atoms with Gasteiger partial charge in [0.25, 0.3) is 0 Å². The van der Waals surface area contributed by atoms with Crippen LogP contribution in [0.1, 0.15) is 0 Å². The quantitative estimate of drug-likeness (QED) is 0.678. The number of benzene rings is 2. The number of thioether (sulfide) groups is 1. The molecule has 7 heteroatoms. The van der Waals surface area contributed by atoms with Crippen molar-refractivity contribution in [2.24, 2.45) is 7.05 Å². The number of anilines is 2. The van der Waals surface area contributed by atoms with Crippen molar-refractivity contribution in [1.29, 1.82) is 0 Å². The van der Waals surface area contributed by atoms with Crippen LogP contribution in [0, 0.1) is 0 Å². The highest BCUT2D eigenvalue weighted by Gasteiger charge is 2.13. The topological polar surface area (TPSA) is 63.1 Å². The Bertz CT molecular complexity index is 875. The zero-order valence-corrected chi connectivity index (χ0v) is 15.8. The van der Waals surface area contributed by atoms with Crippen LogP contribution in [0.5, 0.6) is 0 Å². The van der Waals surface area contributed by atoms with E-state index in [0.717, 1.165) is 22.8 Å². The van der Waals surface area contributed by atoms with Gasteiger partial charge in [-0.05, 0) is 36.4 Å². The van der Waals surface area contributed by atoms with Crippen molar-refractivity contribution in [3.8, 4) is 11.4 Å². The summed E-state index contributed by atoms with van der Waals surface area (Å²) in [5.41, 5.74) is 2.91. The second-order valence-electron chi connectivity index (χ2n) is 6.01. The molecule has 26 heavy (non-hydrogen) atoms. The second kappa shape index (κ2) is 8.05. The summed E-state index contributed by atoms with van der Waals surface area (Å²) in [5.74, 6) is 0.989. The Labute approximate surface area is 157 Å². The van der Waals surface area contributed by atoms with E-state index in [2.05, 4.69) is 15.5 Å². The predicted octanol–water partition coefficient (Wildman–Crippen LogP) is 3.28. The molecule has 1 N–H and O–H groups in total.